The van der Waals surface area contributed by atoms with Crippen molar-refractivity contribution < 1.29 is 0 Å². The van der Waals surface area contributed by atoms with E-state index in [9.17, 15) is 0 Å². The van der Waals surface area contributed by atoms with Gasteiger partial charge >= 0.3 is 0 Å². The van der Waals surface area contributed by atoms with Crippen LogP contribution in [0, 0.1) is 13.8 Å². The highest BCUT2D eigenvalue weighted by Crippen LogP contribution is 2.36. The van der Waals surface area contributed by atoms with Gasteiger partial charge in [0.2, 0.25) is 0 Å². The predicted molar refractivity (Wildman–Crippen MR) is 139 cm³/mol. The van der Waals surface area contributed by atoms with Gasteiger partial charge in [-0.15, -0.1) is 0 Å². The van der Waals surface area contributed by atoms with Gasteiger partial charge in [-0.25, -0.2) is 15.0 Å². The van der Waals surface area contributed by atoms with Gasteiger partial charge in [0.1, 0.15) is 11.3 Å². The largest absolute Gasteiger partial charge is 0.359 e. The van der Waals surface area contributed by atoms with Crippen molar-refractivity contribution in [2.45, 2.75) is 81.7 Å². The monoisotopic (exact) mass is 489 g/mol. The van der Waals surface area contributed by atoms with Gasteiger partial charge in [-0.3, -0.25) is 0 Å². The smallest absolute Gasteiger partial charge is 0.159 e. The summed E-state index contributed by atoms with van der Waals surface area (Å²) < 4.78 is 3.26. The molecule has 6 heteroatoms. The molecule has 0 amide bonds. The van der Waals surface area contributed by atoms with E-state index in [-0.39, 0.29) is 0 Å². The van der Waals surface area contributed by atoms with E-state index in [1.54, 1.807) is 0 Å². The standard InChI is InChI=1S/C21H28BrN5.2C2H6/c1-7-10-27-12-13(4)18-21(27)24-14(5)19(25-18)16-11-23-20(26(6)9-3)17(22)15(16)8-2;2*1-2/h11-12H,7-10H2,1-6H3;2*1-2H3. The molecule has 0 aliphatic rings. The van der Waals surface area contributed by atoms with Crippen LogP contribution in [0.15, 0.2) is 16.9 Å². The first-order chi connectivity index (χ1) is 14.9. The lowest BCUT2D eigenvalue weighted by Crippen LogP contribution is -2.18. The molecule has 31 heavy (non-hydrogen) atoms. The summed E-state index contributed by atoms with van der Waals surface area (Å²) >= 11 is 3.79. The predicted octanol–water partition coefficient (Wildman–Crippen LogP) is 7.35. The molecular formula is C25H40BrN5. The van der Waals surface area contributed by atoms with Gasteiger partial charge in [-0.05, 0) is 60.7 Å². The molecule has 0 spiro atoms. The molecule has 0 atom stereocenters. The molecule has 0 saturated carbocycles. The minimum Gasteiger partial charge on any atom is -0.359 e. The van der Waals surface area contributed by atoms with E-state index < -0.39 is 0 Å². The van der Waals surface area contributed by atoms with Crippen molar-refractivity contribution in [3.63, 3.8) is 0 Å². The Labute approximate surface area is 197 Å². The van der Waals surface area contributed by atoms with E-state index in [0.717, 1.165) is 64.3 Å². The molecular weight excluding hydrogens is 450 g/mol. The van der Waals surface area contributed by atoms with E-state index in [2.05, 4.69) is 66.3 Å². The third-order valence-electron chi connectivity index (χ3n) is 5.06. The maximum Gasteiger partial charge on any atom is 0.159 e. The van der Waals surface area contributed by atoms with Gasteiger partial charge in [-0.2, -0.15) is 0 Å². The molecule has 3 heterocycles. The first-order valence-electron chi connectivity index (χ1n) is 11.7. The van der Waals surface area contributed by atoms with Crippen LogP contribution >= 0.6 is 15.9 Å². The summed E-state index contributed by atoms with van der Waals surface area (Å²) in [7, 11) is 2.06. The Hall–Kier alpha value is -1.95. The van der Waals surface area contributed by atoms with Crippen LogP contribution in [0.1, 0.15) is 71.7 Å². The van der Waals surface area contributed by atoms with Crippen LogP contribution in [0.5, 0.6) is 0 Å². The number of pyridine rings is 1. The summed E-state index contributed by atoms with van der Waals surface area (Å²) in [4.78, 5) is 16.8. The van der Waals surface area contributed by atoms with Crippen LogP contribution in [0.25, 0.3) is 22.4 Å². The Bertz CT molecular complexity index is 978. The Morgan fingerprint density at radius 3 is 2.23 bits per heavy atom. The zero-order chi connectivity index (χ0) is 23.7. The Balaban J connectivity index is 0.00000113. The van der Waals surface area contributed by atoms with Crippen LogP contribution in [0.2, 0.25) is 0 Å². The molecule has 0 aliphatic heterocycles. The van der Waals surface area contributed by atoms with Gasteiger partial charge in [0.25, 0.3) is 0 Å². The number of rotatable bonds is 6. The number of aryl methyl sites for hydroxylation is 3. The van der Waals surface area contributed by atoms with Crippen molar-refractivity contribution in [1.82, 2.24) is 19.5 Å². The van der Waals surface area contributed by atoms with Crippen molar-refractivity contribution in [2.75, 3.05) is 18.5 Å². The van der Waals surface area contributed by atoms with Crippen LogP contribution in [0.4, 0.5) is 5.82 Å². The van der Waals surface area contributed by atoms with E-state index >= 15 is 0 Å². The van der Waals surface area contributed by atoms with Crippen molar-refractivity contribution in [1.29, 1.82) is 0 Å². The molecule has 0 radical (unpaired) electrons. The van der Waals surface area contributed by atoms with Gasteiger partial charge in [0, 0.05) is 38.1 Å². The van der Waals surface area contributed by atoms with Crippen LogP contribution < -0.4 is 4.90 Å². The normalized spacial score (nSPS) is 10.3. The molecule has 172 valence electrons. The Morgan fingerprint density at radius 1 is 1.03 bits per heavy atom. The molecule has 0 saturated heterocycles. The zero-order valence-electron chi connectivity index (χ0n) is 21.1. The second kappa shape index (κ2) is 12.8. The third kappa shape index (κ3) is 5.65. The number of hydrogen-bond acceptors (Lipinski definition) is 4. The molecule has 0 fully saturated rings. The van der Waals surface area contributed by atoms with E-state index in [1.807, 2.05) is 40.8 Å². The second-order valence-corrected chi connectivity index (χ2v) is 7.78. The van der Waals surface area contributed by atoms with Crippen LogP contribution in [0.3, 0.4) is 0 Å². The first kappa shape index (κ1) is 27.1. The van der Waals surface area contributed by atoms with Gasteiger partial charge in [0.05, 0.1) is 15.9 Å². The minimum absolute atomic E-state index is 0.901. The Morgan fingerprint density at radius 2 is 1.68 bits per heavy atom. The van der Waals surface area contributed by atoms with Gasteiger partial charge in [-0.1, -0.05) is 41.5 Å². The third-order valence-corrected chi connectivity index (χ3v) is 5.89. The fraction of sp³-hybridized carbons (Fsp3) is 0.560. The number of fused-ring (bicyclic) bond motifs is 1. The topological polar surface area (TPSA) is 46.8 Å². The summed E-state index contributed by atoms with van der Waals surface area (Å²) in [6.45, 7) is 20.5. The number of anilines is 1. The molecule has 3 rings (SSSR count). The lowest BCUT2D eigenvalue weighted by Gasteiger charge is -2.21. The van der Waals surface area contributed by atoms with E-state index in [0.29, 0.717) is 0 Å². The quantitative estimate of drug-likeness (QED) is 0.362. The first-order valence-corrected chi connectivity index (χ1v) is 12.4. The summed E-state index contributed by atoms with van der Waals surface area (Å²) in [6, 6.07) is 0. The highest BCUT2D eigenvalue weighted by molar-refractivity contribution is 9.10. The van der Waals surface area contributed by atoms with Crippen molar-refractivity contribution >= 4 is 32.9 Å². The fourth-order valence-corrected chi connectivity index (χ4v) is 4.37. The summed E-state index contributed by atoms with van der Waals surface area (Å²) in [5.74, 6) is 0.968. The fourth-order valence-electron chi connectivity index (χ4n) is 3.47. The molecule has 3 aromatic heterocycles. The number of hydrogen-bond donors (Lipinski definition) is 0. The van der Waals surface area contributed by atoms with Crippen molar-refractivity contribution in [3.05, 3.63) is 33.7 Å². The van der Waals surface area contributed by atoms with E-state index in [4.69, 9.17) is 15.0 Å². The van der Waals surface area contributed by atoms with E-state index in [1.165, 1.54) is 11.1 Å². The second-order valence-electron chi connectivity index (χ2n) is 6.99. The average Bonchev–Trinajstić information content (AvgIpc) is 3.09. The van der Waals surface area contributed by atoms with Crippen LogP contribution in [-0.2, 0) is 13.0 Å². The molecule has 3 aromatic rings. The maximum absolute atomic E-state index is 5.03. The molecule has 5 nitrogen and oxygen atoms in total. The highest BCUT2D eigenvalue weighted by Gasteiger charge is 2.19. The molecule has 0 bridgehead atoms. The lowest BCUT2D eigenvalue weighted by molar-refractivity contribution is 0.695. The van der Waals surface area contributed by atoms with Gasteiger partial charge in [0.15, 0.2) is 5.65 Å². The van der Waals surface area contributed by atoms with Crippen LogP contribution in [-0.4, -0.2) is 33.1 Å². The summed E-state index contributed by atoms with van der Waals surface area (Å²) in [5, 5.41) is 0. The van der Waals surface area contributed by atoms with Crippen molar-refractivity contribution in [3.8, 4) is 11.3 Å². The average molecular weight is 491 g/mol. The zero-order valence-corrected chi connectivity index (χ0v) is 22.7. The van der Waals surface area contributed by atoms with Crippen molar-refractivity contribution in [2.24, 2.45) is 0 Å². The molecule has 0 aromatic carbocycles. The number of halogens is 1. The SMILES string of the molecule is CC.CC.CCCn1cc(C)c2nc(-c3cnc(N(C)CC)c(Br)c3CC)c(C)nc21. The summed E-state index contributed by atoms with van der Waals surface area (Å²) in [5.41, 5.74) is 7.28. The molecule has 0 N–H and O–H groups in total. The number of aromatic nitrogens is 4. The Kier molecular flexibility index (Phi) is 11.2. The van der Waals surface area contributed by atoms with Gasteiger partial charge < -0.3 is 9.47 Å². The maximum atomic E-state index is 5.03. The highest BCUT2D eigenvalue weighted by atomic mass is 79.9. The summed E-state index contributed by atoms with van der Waals surface area (Å²) in [6.07, 6.45) is 6.09. The minimum atomic E-state index is 0.901. The molecule has 0 aliphatic carbocycles. The molecule has 0 unspecified atom stereocenters. The number of nitrogens with zero attached hydrogens (tertiary/aromatic N) is 5. The lowest BCUT2D eigenvalue weighted by atomic mass is 10.0.